The minimum Gasteiger partial charge on any atom is -0.386 e. The Bertz CT molecular complexity index is 1090. The first-order valence-corrected chi connectivity index (χ1v) is 15.2. The molecule has 0 bridgehead atoms. The molecule has 0 unspecified atom stereocenters. The van der Waals surface area contributed by atoms with Gasteiger partial charge in [-0.15, -0.1) is 0 Å². The fourth-order valence-corrected chi connectivity index (χ4v) is 6.67. The van der Waals surface area contributed by atoms with Crippen molar-refractivity contribution >= 4 is 22.6 Å². The van der Waals surface area contributed by atoms with Crippen LogP contribution in [-0.4, -0.2) is 46.9 Å². The molecule has 5 heteroatoms. The number of halogens is 1. The first-order valence-electron chi connectivity index (χ1n) is 14.1. The largest absolute Gasteiger partial charge is 0.386 e. The zero-order valence-electron chi connectivity index (χ0n) is 23.4. The standard InChI is InChI=1S/C33H44INO3/c1-5-29(37-22-26-13-8-6-9-14-26)24(2)18-19-25(3)31(34)28-21-35-20-12-17-30(35)33(4,32(28)36)38-23-27-15-10-7-11-16-27/h6-11,13-16,18,25,29-30,32,36H,5,12,17,19-23H2,1-4H3/b24-18+,31-28-/t25-,29+,30+,32-,33-/m1/s1. The Kier molecular flexibility index (Phi) is 10.6. The second-order valence-electron chi connectivity index (χ2n) is 11.1. The van der Waals surface area contributed by atoms with Gasteiger partial charge in [-0.2, -0.15) is 0 Å². The van der Waals surface area contributed by atoms with Crippen LogP contribution in [0.3, 0.4) is 0 Å². The molecule has 2 aromatic rings. The fourth-order valence-electron chi connectivity index (χ4n) is 5.95. The van der Waals surface area contributed by atoms with Crippen LogP contribution in [-0.2, 0) is 22.7 Å². The highest BCUT2D eigenvalue weighted by Gasteiger charge is 2.52. The number of nitrogens with zero attached hydrogens (tertiary/aromatic N) is 1. The molecule has 206 valence electrons. The van der Waals surface area contributed by atoms with E-state index in [1.165, 1.54) is 14.7 Å². The van der Waals surface area contributed by atoms with Gasteiger partial charge in [0.1, 0.15) is 11.7 Å². The molecule has 0 saturated carbocycles. The van der Waals surface area contributed by atoms with E-state index in [4.69, 9.17) is 9.47 Å². The third kappa shape index (κ3) is 6.97. The normalized spacial score (nSPS) is 27.2. The maximum Gasteiger partial charge on any atom is 0.111 e. The molecule has 5 atom stereocenters. The van der Waals surface area contributed by atoms with Crippen molar-refractivity contribution in [2.75, 3.05) is 13.1 Å². The second kappa shape index (κ2) is 13.7. The van der Waals surface area contributed by atoms with E-state index in [0.29, 0.717) is 19.1 Å². The Balaban J connectivity index is 1.45. The number of aliphatic hydroxyl groups is 1. The third-order valence-corrected chi connectivity index (χ3v) is 10.1. The zero-order chi connectivity index (χ0) is 27.1. The molecule has 2 aliphatic rings. The lowest BCUT2D eigenvalue weighted by Gasteiger charge is -2.49. The average molecular weight is 630 g/mol. The first kappa shape index (κ1) is 29.5. The summed E-state index contributed by atoms with van der Waals surface area (Å²) >= 11 is 2.49. The molecule has 0 spiro atoms. The molecule has 38 heavy (non-hydrogen) atoms. The Hall–Kier alpha value is -1.51. The van der Waals surface area contributed by atoms with Crippen LogP contribution in [0.5, 0.6) is 0 Å². The van der Waals surface area contributed by atoms with Crippen LogP contribution in [0.4, 0.5) is 0 Å². The van der Waals surface area contributed by atoms with E-state index in [0.717, 1.165) is 49.9 Å². The Morgan fingerprint density at radius 2 is 1.74 bits per heavy atom. The van der Waals surface area contributed by atoms with Gasteiger partial charge in [0.05, 0.1) is 19.3 Å². The molecular formula is C33H44INO3. The van der Waals surface area contributed by atoms with Gasteiger partial charge in [-0.05, 0) is 100 Å². The molecule has 2 heterocycles. The highest BCUT2D eigenvalue weighted by Crippen LogP contribution is 2.43. The summed E-state index contributed by atoms with van der Waals surface area (Å²) in [6.07, 6.45) is 5.96. The van der Waals surface area contributed by atoms with Crippen LogP contribution >= 0.6 is 22.6 Å². The van der Waals surface area contributed by atoms with Crippen LogP contribution in [0.1, 0.15) is 64.5 Å². The lowest BCUT2D eigenvalue weighted by molar-refractivity contribution is -0.158. The molecule has 4 rings (SSSR count). The molecule has 4 nitrogen and oxygen atoms in total. The van der Waals surface area contributed by atoms with Crippen molar-refractivity contribution in [3.63, 3.8) is 0 Å². The van der Waals surface area contributed by atoms with Crippen molar-refractivity contribution in [3.8, 4) is 0 Å². The van der Waals surface area contributed by atoms with E-state index in [9.17, 15) is 5.11 Å². The van der Waals surface area contributed by atoms with Gasteiger partial charge < -0.3 is 14.6 Å². The number of fused-ring (bicyclic) bond motifs is 1. The molecule has 2 aliphatic heterocycles. The fraction of sp³-hybridized carbons (Fsp3) is 0.515. The van der Waals surface area contributed by atoms with E-state index in [1.54, 1.807) is 0 Å². The van der Waals surface area contributed by atoms with E-state index >= 15 is 0 Å². The highest BCUT2D eigenvalue weighted by atomic mass is 127. The minimum absolute atomic E-state index is 0.119. The highest BCUT2D eigenvalue weighted by molar-refractivity contribution is 14.1. The van der Waals surface area contributed by atoms with Crippen molar-refractivity contribution in [1.82, 2.24) is 4.90 Å². The number of hydrogen-bond donors (Lipinski definition) is 1. The monoisotopic (exact) mass is 629 g/mol. The predicted octanol–water partition coefficient (Wildman–Crippen LogP) is 7.46. The molecule has 2 aromatic carbocycles. The number of rotatable bonds is 11. The van der Waals surface area contributed by atoms with Gasteiger partial charge in [-0.25, -0.2) is 0 Å². The molecule has 1 N–H and O–H groups in total. The summed E-state index contributed by atoms with van der Waals surface area (Å²) in [5.74, 6) is 0.319. The zero-order valence-corrected chi connectivity index (χ0v) is 25.6. The molecule has 0 aliphatic carbocycles. The van der Waals surface area contributed by atoms with Crippen molar-refractivity contribution < 1.29 is 14.6 Å². The van der Waals surface area contributed by atoms with Crippen LogP contribution in [0.15, 0.2) is 81.5 Å². The maximum atomic E-state index is 11.8. The van der Waals surface area contributed by atoms with Gasteiger partial charge in [0.25, 0.3) is 0 Å². The van der Waals surface area contributed by atoms with E-state index < -0.39 is 11.7 Å². The van der Waals surface area contributed by atoms with Crippen molar-refractivity contribution in [1.29, 1.82) is 0 Å². The molecule has 2 fully saturated rings. The van der Waals surface area contributed by atoms with Crippen molar-refractivity contribution in [2.45, 2.75) is 90.4 Å². The number of benzene rings is 2. The predicted molar refractivity (Wildman–Crippen MR) is 164 cm³/mol. The number of piperidine rings is 1. The van der Waals surface area contributed by atoms with Gasteiger partial charge in [-0.3, -0.25) is 4.90 Å². The van der Waals surface area contributed by atoms with Crippen LogP contribution in [0.2, 0.25) is 0 Å². The van der Waals surface area contributed by atoms with Crippen LogP contribution in [0, 0.1) is 5.92 Å². The summed E-state index contributed by atoms with van der Waals surface area (Å²) in [5, 5.41) is 11.8. The summed E-state index contributed by atoms with van der Waals surface area (Å²) in [7, 11) is 0. The first-order chi connectivity index (χ1) is 18.3. The van der Waals surface area contributed by atoms with Gasteiger partial charge >= 0.3 is 0 Å². The van der Waals surface area contributed by atoms with Crippen molar-refractivity contribution in [2.24, 2.45) is 5.92 Å². The Morgan fingerprint density at radius 1 is 1.11 bits per heavy atom. The maximum absolute atomic E-state index is 11.8. The van der Waals surface area contributed by atoms with Crippen LogP contribution < -0.4 is 0 Å². The van der Waals surface area contributed by atoms with E-state index in [-0.39, 0.29) is 12.1 Å². The van der Waals surface area contributed by atoms with Crippen molar-refractivity contribution in [3.05, 3.63) is 92.6 Å². The second-order valence-corrected chi connectivity index (χ2v) is 12.3. The topological polar surface area (TPSA) is 41.9 Å². The minimum atomic E-state index is -0.625. The number of hydrogen-bond acceptors (Lipinski definition) is 4. The summed E-state index contributed by atoms with van der Waals surface area (Å²) in [6, 6.07) is 20.9. The molecule has 0 aromatic heterocycles. The van der Waals surface area contributed by atoms with Gasteiger partial charge in [0, 0.05) is 12.6 Å². The average Bonchev–Trinajstić information content (AvgIpc) is 3.43. The third-order valence-electron chi connectivity index (χ3n) is 8.37. The number of allylic oxidation sites excluding steroid dienone is 2. The summed E-state index contributed by atoms with van der Waals surface area (Å²) in [5.41, 5.74) is 4.13. The summed E-state index contributed by atoms with van der Waals surface area (Å²) < 4.78 is 14.1. The van der Waals surface area contributed by atoms with Gasteiger partial charge in [-0.1, -0.05) is 80.6 Å². The Labute approximate surface area is 243 Å². The lowest BCUT2D eigenvalue weighted by atomic mass is 9.79. The smallest absolute Gasteiger partial charge is 0.111 e. The molecule has 0 radical (unpaired) electrons. The number of aliphatic hydroxyl groups excluding tert-OH is 1. The van der Waals surface area contributed by atoms with E-state index in [1.807, 2.05) is 24.3 Å². The van der Waals surface area contributed by atoms with Gasteiger partial charge in [0.2, 0.25) is 0 Å². The van der Waals surface area contributed by atoms with Gasteiger partial charge in [0.15, 0.2) is 0 Å². The lowest BCUT2D eigenvalue weighted by Crippen LogP contribution is -2.62. The quantitative estimate of drug-likeness (QED) is 0.207. The SMILES string of the molecule is CC[C@H](OCc1ccccc1)/C(C)=C/C[C@@H](C)/C(I)=C1\CN2CCC[C@H]2[C@@](C)(OCc2ccccc2)[C@@H]1O. The Morgan fingerprint density at radius 3 is 2.37 bits per heavy atom. The molecule has 2 saturated heterocycles. The molecular weight excluding hydrogens is 585 g/mol. The number of ether oxygens (including phenoxy) is 2. The van der Waals surface area contributed by atoms with Crippen LogP contribution in [0.25, 0.3) is 0 Å². The summed E-state index contributed by atoms with van der Waals surface area (Å²) in [4.78, 5) is 2.53. The summed E-state index contributed by atoms with van der Waals surface area (Å²) in [6.45, 7) is 11.8. The molecule has 0 amide bonds. The van der Waals surface area contributed by atoms with E-state index in [2.05, 4.69) is 97.7 Å².